The van der Waals surface area contributed by atoms with E-state index in [0.717, 1.165) is 47.7 Å². The minimum absolute atomic E-state index is 0.387. The number of hydrogen-bond acceptors (Lipinski definition) is 6. The number of ether oxygens (including phenoxy) is 2. The Labute approximate surface area is 158 Å². The molecule has 154 valence electrons. The second-order valence-electron chi connectivity index (χ2n) is 8.43. The Kier molecular flexibility index (Phi) is 12.0. The van der Waals surface area contributed by atoms with E-state index < -0.39 is 12.2 Å². The molecule has 0 bridgehead atoms. The summed E-state index contributed by atoms with van der Waals surface area (Å²) in [5.41, 5.74) is 0. The molecule has 0 spiro atoms. The summed E-state index contributed by atoms with van der Waals surface area (Å²) >= 11 is 0. The van der Waals surface area contributed by atoms with E-state index in [1.807, 2.05) is 42.3 Å². The van der Waals surface area contributed by atoms with Crippen LogP contribution in [0.2, 0.25) is 0 Å². The van der Waals surface area contributed by atoms with Gasteiger partial charge >= 0.3 is 0 Å². The summed E-state index contributed by atoms with van der Waals surface area (Å²) in [4.78, 5) is 7.75. The molecule has 0 rings (SSSR count). The fraction of sp³-hybridized carbons (Fsp3) is 0.889. The van der Waals surface area contributed by atoms with Crippen LogP contribution in [0.3, 0.4) is 0 Å². The fourth-order valence-corrected chi connectivity index (χ4v) is 1.82. The zero-order valence-electron chi connectivity index (χ0n) is 17.5. The molecule has 0 saturated carbocycles. The average molecular weight is 375 g/mol. The molecule has 0 radical (unpaired) electrons. The van der Waals surface area contributed by atoms with Gasteiger partial charge in [0, 0.05) is 26.3 Å². The first-order valence-electron chi connectivity index (χ1n) is 9.29. The van der Waals surface area contributed by atoms with Crippen molar-refractivity contribution in [3.05, 3.63) is 0 Å². The maximum absolute atomic E-state index is 11.4. The Bertz CT molecular complexity index is 386. The molecule has 26 heavy (non-hydrogen) atoms. The van der Waals surface area contributed by atoms with Crippen LogP contribution in [0.4, 0.5) is 0 Å². The lowest BCUT2D eigenvalue weighted by molar-refractivity contribution is -0.870. The van der Waals surface area contributed by atoms with Gasteiger partial charge in [-0.2, -0.15) is 0 Å². The van der Waals surface area contributed by atoms with Crippen LogP contribution in [0.25, 0.3) is 0 Å². The molecule has 0 saturated heterocycles. The molecular weight excluding hydrogens is 336 g/mol. The molecule has 0 aliphatic rings. The minimum Gasteiger partial charge on any atom is -0.595 e. The lowest BCUT2D eigenvalue weighted by Gasteiger charge is -2.26. The summed E-state index contributed by atoms with van der Waals surface area (Å²) in [6, 6.07) is 0. The van der Waals surface area contributed by atoms with Crippen molar-refractivity contribution in [3.8, 4) is 0 Å². The minimum atomic E-state index is -0.481. The highest BCUT2D eigenvalue weighted by Gasteiger charge is 2.04. The molecule has 0 unspecified atom stereocenters. The van der Waals surface area contributed by atoms with Gasteiger partial charge in [-0.05, 0) is 12.8 Å². The van der Waals surface area contributed by atoms with Crippen molar-refractivity contribution in [1.82, 2.24) is 0 Å². The van der Waals surface area contributed by atoms with E-state index in [2.05, 4.69) is 9.98 Å². The lowest BCUT2D eigenvalue weighted by Crippen LogP contribution is -2.39. The second-order valence-corrected chi connectivity index (χ2v) is 8.43. The van der Waals surface area contributed by atoms with E-state index in [-0.39, 0.29) is 0 Å². The van der Waals surface area contributed by atoms with Gasteiger partial charge in [-0.15, -0.1) is 0 Å². The summed E-state index contributed by atoms with van der Waals surface area (Å²) in [7, 11) is 12.3. The number of rotatable bonds is 13. The van der Waals surface area contributed by atoms with E-state index in [1.165, 1.54) is 0 Å². The monoisotopic (exact) mass is 374 g/mol. The zero-order chi connectivity index (χ0) is 20.1. The largest absolute Gasteiger partial charge is 0.595 e. The number of hydrogen-bond donors (Lipinski definition) is 0. The topological polar surface area (TPSA) is 89.3 Å². The normalized spacial score (nSPS) is 13.8. The van der Waals surface area contributed by atoms with Crippen LogP contribution < -0.4 is 10.2 Å². The Morgan fingerprint density at radius 2 is 1.00 bits per heavy atom. The predicted molar refractivity (Wildman–Crippen MR) is 101 cm³/mol. The van der Waals surface area contributed by atoms with Crippen LogP contribution in [-0.2, 0) is 9.47 Å². The van der Waals surface area contributed by atoms with Crippen LogP contribution in [0.1, 0.15) is 25.7 Å². The Morgan fingerprint density at radius 1 is 0.654 bits per heavy atom. The van der Waals surface area contributed by atoms with Gasteiger partial charge in [0.15, 0.2) is 0 Å². The summed E-state index contributed by atoms with van der Waals surface area (Å²) in [6.07, 6.45) is 2.59. The number of nitrogens with zero attached hydrogens (tertiary/aromatic N) is 4. The van der Waals surface area contributed by atoms with E-state index in [1.54, 1.807) is 0 Å². The van der Waals surface area contributed by atoms with E-state index >= 15 is 0 Å². The number of quaternary nitrogens is 2. The maximum atomic E-state index is 11.4. The first-order chi connectivity index (χ1) is 12.0. The standard InChI is InChI=1S/C18H38N4O4/c1-21(2,3)13-15-25-17(23)19-11-9-7-8-10-12-20-18(24)26-16-14-22(4,5)6/h7-16H2,1-6H3. The Balaban J connectivity index is 3.60. The quantitative estimate of drug-likeness (QED) is 0.187. The smallest absolute Gasteiger partial charge is 0.145 e. The van der Waals surface area contributed by atoms with Crippen LogP contribution in [-0.4, -0.2) is 103 Å². The van der Waals surface area contributed by atoms with Crippen LogP contribution >= 0.6 is 0 Å². The summed E-state index contributed by atoms with van der Waals surface area (Å²) in [6.45, 7) is 3.27. The summed E-state index contributed by atoms with van der Waals surface area (Å²) in [5, 5.41) is 22.8. The highest BCUT2D eigenvalue weighted by molar-refractivity contribution is 5.61. The van der Waals surface area contributed by atoms with Crippen molar-refractivity contribution in [2.45, 2.75) is 25.7 Å². The van der Waals surface area contributed by atoms with Crippen LogP contribution in [0, 0.1) is 0 Å². The maximum Gasteiger partial charge on any atom is 0.145 e. The zero-order valence-corrected chi connectivity index (χ0v) is 17.5. The van der Waals surface area contributed by atoms with Gasteiger partial charge in [0.2, 0.25) is 0 Å². The number of aliphatic imine (C=N–C) groups is 2. The summed E-state index contributed by atoms with van der Waals surface area (Å²) in [5.74, 6) is 0. The highest BCUT2D eigenvalue weighted by Crippen LogP contribution is 2.01. The summed E-state index contributed by atoms with van der Waals surface area (Å²) < 4.78 is 11.6. The molecule has 0 aromatic carbocycles. The first-order valence-corrected chi connectivity index (χ1v) is 9.29. The lowest BCUT2D eigenvalue weighted by atomic mass is 10.2. The van der Waals surface area contributed by atoms with Crippen molar-refractivity contribution in [2.24, 2.45) is 9.98 Å². The molecule has 0 aliphatic carbocycles. The van der Waals surface area contributed by atoms with Crippen LogP contribution in [0.15, 0.2) is 9.98 Å². The third-order valence-corrected chi connectivity index (χ3v) is 3.52. The Hall–Kier alpha value is -1.54. The van der Waals surface area contributed by atoms with Crippen molar-refractivity contribution in [2.75, 3.05) is 81.7 Å². The van der Waals surface area contributed by atoms with Crippen molar-refractivity contribution in [3.63, 3.8) is 0 Å². The molecule has 0 aliphatic heterocycles. The van der Waals surface area contributed by atoms with Gasteiger partial charge in [0.1, 0.15) is 12.2 Å². The SMILES string of the molecule is C[N+](C)(C)CCOC([O-])=NCCCCCCN=C([O-])OCC[N+](C)(C)C. The van der Waals surface area contributed by atoms with Gasteiger partial charge in [-0.25, -0.2) is 0 Å². The van der Waals surface area contributed by atoms with Gasteiger partial charge in [-0.1, -0.05) is 12.8 Å². The molecule has 0 amide bonds. The fourth-order valence-electron chi connectivity index (χ4n) is 1.82. The Morgan fingerprint density at radius 3 is 1.31 bits per heavy atom. The number of likely N-dealkylation sites (N-methyl/N-ethyl adjacent to an activating group) is 2. The molecule has 8 nitrogen and oxygen atoms in total. The molecule has 0 aromatic rings. The van der Waals surface area contributed by atoms with Crippen molar-refractivity contribution < 1.29 is 28.7 Å². The van der Waals surface area contributed by atoms with E-state index in [0.29, 0.717) is 26.3 Å². The van der Waals surface area contributed by atoms with Crippen molar-refractivity contribution in [1.29, 1.82) is 0 Å². The molecule has 0 aromatic heterocycles. The van der Waals surface area contributed by atoms with Gasteiger partial charge in [0.25, 0.3) is 0 Å². The van der Waals surface area contributed by atoms with Crippen LogP contribution in [0.5, 0.6) is 0 Å². The predicted octanol–water partition coefficient (Wildman–Crippen LogP) is -0.575. The van der Waals surface area contributed by atoms with E-state index in [9.17, 15) is 10.2 Å². The molecule has 0 atom stereocenters. The highest BCUT2D eigenvalue weighted by atomic mass is 16.6. The second kappa shape index (κ2) is 12.8. The molecule has 0 fully saturated rings. The van der Waals surface area contributed by atoms with Crippen molar-refractivity contribution >= 4 is 12.2 Å². The average Bonchev–Trinajstić information content (AvgIpc) is 2.47. The molecule has 0 heterocycles. The third kappa shape index (κ3) is 18.8. The third-order valence-electron chi connectivity index (χ3n) is 3.52. The molecule has 8 heteroatoms. The molecule has 0 N–H and O–H groups in total. The molecular formula is C18H38N4O4. The van der Waals surface area contributed by atoms with Gasteiger partial charge in [0.05, 0.1) is 55.4 Å². The van der Waals surface area contributed by atoms with Gasteiger partial charge < -0.3 is 28.7 Å². The van der Waals surface area contributed by atoms with E-state index in [4.69, 9.17) is 9.47 Å². The first kappa shape index (κ1) is 24.5. The number of unbranched alkanes of at least 4 members (excludes halogenated alkanes) is 3. The van der Waals surface area contributed by atoms with Gasteiger partial charge in [-0.3, -0.25) is 9.98 Å².